The van der Waals surface area contributed by atoms with Crippen LogP contribution in [0.4, 0.5) is 5.69 Å². The molecule has 3 heteroatoms. The summed E-state index contributed by atoms with van der Waals surface area (Å²) in [6, 6.07) is 1.85. The minimum atomic E-state index is 0.782. The third kappa shape index (κ3) is 0.877. The second kappa shape index (κ2) is 2.24. The molecule has 1 aromatic heterocycles. The van der Waals surface area contributed by atoms with Crippen LogP contribution in [0.2, 0.25) is 0 Å². The zero-order valence-corrected chi connectivity index (χ0v) is 5.76. The van der Waals surface area contributed by atoms with Crippen molar-refractivity contribution >= 4 is 34.6 Å². The van der Waals surface area contributed by atoms with Crippen LogP contribution in [-0.4, -0.2) is 5.37 Å². The lowest BCUT2D eigenvalue weighted by atomic mass is 10.4. The van der Waals surface area contributed by atoms with Crippen LogP contribution in [0, 0.1) is 0 Å². The van der Waals surface area contributed by atoms with Crippen LogP contribution in [0.3, 0.4) is 0 Å². The maximum atomic E-state index is 5.46. The lowest BCUT2D eigenvalue weighted by molar-refractivity contribution is 1.87. The van der Waals surface area contributed by atoms with E-state index in [1.807, 2.05) is 11.4 Å². The molecule has 0 amide bonds. The molecule has 0 aliphatic rings. The Hall–Kier alpha value is -0.410. The molecule has 1 nitrogen and oxygen atoms in total. The number of hydrogen-bond donors (Lipinski definition) is 1. The minimum Gasteiger partial charge on any atom is -0.398 e. The number of rotatable bonds is 1. The lowest BCUT2D eigenvalue weighted by Gasteiger charge is -1.82. The number of nitrogen functional groups attached to an aromatic ring is 1. The van der Waals surface area contributed by atoms with E-state index in [2.05, 4.69) is 12.2 Å². The first-order valence-corrected chi connectivity index (χ1v) is 3.48. The summed E-state index contributed by atoms with van der Waals surface area (Å²) in [6.45, 7) is 0. The van der Waals surface area contributed by atoms with Crippen LogP contribution in [0.5, 0.6) is 0 Å². The van der Waals surface area contributed by atoms with Crippen LogP contribution < -0.4 is 5.73 Å². The maximum Gasteiger partial charge on any atom is 0.0607 e. The Balaban J connectivity index is 3.09. The molecule has 0 fully saturated rings. The van der Waals surface area contributed by atoms with Crippen molar-refractivity contribution in [3.63, 3.8) is 0 Å². The second-order valence-electron chi connectivity index (χ2n) is 1.36. The Bertz CT molecular complexity index is 192. The lowest BCUT2D eigenvalue weighted by Crippen LogP contribution is -1.83. The Morgan fingerprint density at radius 1 is 1.75 bits per heavy atom. The quantitative estimate of drug-likeness (QED) is 0.605. The Morgan fingerprint density at radius 2 is 2.50 bits per heavy atom. The Kier molecular flexibility index (Phi) is 1.60. The van der Waals surface area contributed by atoms with Crippen molar-refractivity contribution in [2.75, 3.05) is 5.73 Å². The van der Waals surface area contributed by atoms with E-state index in [1.165, 1.54) is 0 Å². The summed E-state index contributed by atoms with van der Waals surface area (Å²) in [4.78, 5) is 0.986. The zero-order chi connectivity index (χ0) is 5.98. The summed E-state index contributed by atoms with van der Waals surface area (Å²) in [6.07, 6.45) is 0. The molecule has 1 aromatic rings. The molecule has 0 aromatic carbocycles. The van der Waals surface area contributed by atoms with Gasteiger partial charge in [-0.05, 0) is 11.4 Å². The van der Waals surface area contributed by atoms with Gasteiger partial charge in [0.25, 0.3) is 0 Å². The smallest absolute Gasteiger partial charge is 0.0607 e. The highest BCUT2D eigenvalue weighted by molar-refractivity contribution is 7.79. The van der Waals surface area contributed by atoms with E-state index in [0.29, 0.717) is 0 Å². The van der Waals surface area contributed by atoms with Crippen molar-refractivity contribution in [1.29, 1.82) is 0 Å². The van der Waals surface area contributed by atoms with E-state index in [0.717, 1.165) is 10.6 Å². The average Bonchev–Trinajstić information content (AvgIpc) is 2.14. The fraction of sp³-hybridized carbons (Fsp3) is 0. The molecule has 0 unspecified atom stereocenters. The number of hydrogen-bond acceptors (Lipinski definition) is 3. The number of nitrogens with two attached hydrogens (primary N) is 1. The van der Waals surface area contributed by atoms with Crippen molar-refractivity contribution < 1.29 is 0 Å². The predicted molar refractivity (Wildman–Crippen MR) is 41.5 cm³/mol. The van der Waals surface area contributed by atoms with Gasteiger partial charge in [-0.3, -0.25) is 0 Å². The topological polar surface area (TPSA) is 26.0 Å². The van der Waals surface area contributed by atoms with E-state index in [4.69, 9.17) is 5.73 Å². The van der Waals surface area contributed by atoms with Gasteiger partial charge >= 0.3 is 0 Å². The second-order valence-corrected chi connectivity index (χ2v) is 2.54. The van der Waals surface area contributed by atoms with E-state index in [9.17, 15) is 0 Å². The standard InChI is InChI=1S/C5H5NS2/c6-4-1-2-8-5(4)3-7/h1-3H,6H2. The van der Waals surface area contributed by atoms with Gasteiger partial charge < -0.3 is 5.73 Å². The summed E-state index contributed by atoms with van der Waals surface area (Å²) < 4.78 is 0. The molecular formula is C5H5NS2. The molecule has 0 saturated carbocycles. The van der Waals surface area contributed by atoms with Crippen molar-refractivity contribution in [3.8, 4) is 0 Å². The van der Waals surface area contributed by atoms with Gasteiger partial charge in [-0.25, -0.2) is 0 Å². The van der Waals surface area contributed by atoms with Gasteiger partial charge in [0.2, 0.25) is 0 Å². The van der Waals surface area contributed by atoms with Crippen LogP contribution in [0.15, 0.2) is 11.4 Å². The van der Waals surface area contributed by atoms with Crippen molar-refractivity contribution in [2.45, 2.75) is 0 Å². The molecule has 0 atom stereocenters. The van der Waals surface area contributed by atoms with Gasteiger partial charge in [0.05, 0.1) is 10.6 Å². The van der Waals surface area contributed by atoms with Crippen molar-refractivity contribution in [3.05, 3.63) is 16.3 Å². The zero-order valence-electron chi connectivity index (χ0n) is 4.13. The predicted octanol–water partition coefficient (Wildman–Crippen LogP) is 1.68. The van der Waals surface area contributed by atoms with E-state index < -0.39 is 0 Å². The number of thiocarbonyl (C=S) groups is 1. The molecule has 0 radical (unpaired) electrons. The summed E-state index contributed by atoms with van der Waals surface area (Å²) in [7, 11) is 0. The van der Waals surface area contributed by atoms with Crippen LogP contribution >= 0.6 is 23.6 Å². The summed E-state index contributed by atoms with van der Waals surface area (Å²) in [5.74, 6) is 0. The minimum absolute atomic E-state index is 0.782. The van der Waals surface area contributed by atoms with Gasteiger partial charge in [-0.15, -0.1) is 11.3 Å². The average molecular weight is 143 g/mol. The van der Waals surface area contributed by atoms with Crippen LogP contribution in [-0.2, 0) is 0 Å². The van der Waals surface area contributed by atoms with Gasteiger partial charge in [0.1, 0.15) is 0 Å². The first kappa shape index (κ1) is 5.72. The van der Waals surface area contributed by atoms with Gasteiger partial charge in [-0.1, -0.05) is 12.2 Å². The van der Waals surface area contributed by atoms with Crippen LogP contribution in [0.25, 0.3) is 0 Å². The third-order valence-electron chi connectivity index (χ3n) is 0.834. The monoisotopic (exact) mass is 143 g/mol. The van der Waals surface area contributed by atoms with E-state index in [1.54, 1.807) is 16.7 Å². The fourth-order valence-corrected chi connectivity index (χ4v) is 1.35. The maximum absolute atomic E-state index is 5.46. The van der Waals surface area contributed by atoms with E-state index in [-0.39, 0.29) is 0 Å². The SMILES string of the molecule is Nc1ccsc1C=S. The normalized spacial score (nSPS) is 9.00. The van der Waals surface area contributed by atoms with Crippen molar-refractivity contribution in [2.24, 2.45) is 0 Å². The van der Waals surface area contributed by atoms with Crippen LogP contribution in [0.1, 0.15) is 4.88 Å². The van der Waals surface area contributed by atoms with Crippen molar-refractivity contribution in [1.82, 2.24) is 0 Å². The molecule has 0 bridgehead atoms. The Labute approximate surface area is 57.1 Å². The highest BCUT2D eigenvalue weighted by atomic mass is 32.1. The highest BCUT2D eigenvalue weighted by Crippen LogP contribution is 2.15. The highest BCUT2D eigenvalue weighted by Gasteiger charge is 1.91. The molecule has 1 rings (SSSR count). The molecule has 42 valence electrons. The summed E-state index contributed by atoms with van der Waals surface area (Å²) >= 11 is 6.23. The molecule has 8 heavy (non-hydrogen) atoms. The fourth-order valence-electron chi connectivity index (χ4n) is 0.427. The number of thiophene rings is 1. The molecule has 0 aliphatic carbocycles. The van der Waals surface area contributed by atoms with Gasteiger partial charge in [-0.2, -0.15) is 0 Å². The molecule has 1 heterocycles. The van der Waals surface area contributed by atoms with Gasteiger partial charge in [0.15, 0.2) is 0 Å². The first-order chi connectivity index (χ1) is 3.84. The molecule has 0 spiro atoms. The Morgan fingerprint density at radius 3 is 2.75 bits per heavy atom. The number of anilines is 1. The van der Waals surface area contributed by atoms with E-state index >= 15 is 0 Å². The summed E-state index contributed by atoms with van der Waals surface area (Å²) in [5, 5.41) is 3.52. The molecular weight excluding hydrogens is 138 g/mol. The van der Waals surface area contributed by atoms with Gasteiger partial charge in [0, 0.05) is 5.37 Å². The molecule has 0 saturated heterocycles. The largest absolute Gasteiger partial charge is 0.398 e. The first-order valence-electron chi connectivity index (χ1n) is 2.12. The summed E-state index contributed by atoms with van der Waals surface area (Å²) in [5.41, 5.74) is 6.25. The third-order valence-corrected chi connectivity index (χ3v) is 2.10. The molecule has 0 aliphatic heterocycles. The molecule has 2 N–H and O–H groups in total.